The largest absolute Gasteiger partial charge is 0.497 e. The minimum absolute atomic E-state index is 0.606. The van der Waals surface area contributed by atoms with E-state index in [1.54, 1.807) is 13.2 Å². The molecule has 0 aliphatic carbocycles. The molecule has 0 saturated carbocycles. The van der Waals surface area contributed by atoms with Gasteiger partial charge in [0.2, 0.25) is 0 Å². The molecule has 0 aromatic carbocycles. The molecule has 0 N–H and O–H groups in total. The molecule has 0 radical (unpaired) electrons. The number of rotatable bonds is 3. The quantitative estimate of drug-likeness (QED) is 0.356. The first-order valence-electron chi connectivity index (χ1n) is 4.06. The summed E-state index contributed by atoms with van der Waals surface area (Å²) in [7, 11) is 1.56. The first-order valence-corrected chi connectivity index (χ1v) is 4.06. The van der Waals surface area contributed by atoms with Crippen molar-refractivity contribution in [1.29, 1.82) is 0 Å². The van der Waals surface area contributed by atoms with E-state index in [1.165, 1.54) is 0 Å². The molecule has 0 aliphatic rings. The van der Waals surface area contributed by atoms with Gasteiger partial charge < -0.3 is 4.74 Å². The molecule has 0 heterocycles. The minimum atomic E-state index is 0.606. The first-order chi connectivity index (χ1) is 5.58. The van der Waals surface area contributed by atoms with Crippen LogP contribution in [0, 0.1) is 5.92 Å². The Kier molecular flexibility index (Phi) is 11.4. The van der Waals surface area contributed by atoms with E-state index in [-0.39, 0.29) is 0 Å². The lowest BCUT2D eigenvalue weighted by molar-refractivity contribution is 0.309. The second kappa shape index (κ2) is 10.0. The molecule has 70 valence electrons. The fourth-order valence-corrected chi connectivity index (χ4v) is 0.468. The van der Waals surface area contributed by atoms with E-state index >= 15 is 0 Å². The van der Waals surface area contributed by atoms with Crippen LogP contribution in [-0.4, -0.2) is 7.11 Å². The number of methoxy groups -OCH3 is 1. The number of hydrogen-bond donors (Lipinski definition) is 0. The Bertz CT molecular complexity index is 143. The van der Waals surface area contributed by atoms with Gasteiger partial charge >= 0.3 is 0 Å². The van der Waals surface area contributed by atoms with Crippen LogP contribution in [0.5, 0.6) is 0 Å². The summed E-state index contributed by atoms with van der Waals surface area (Å²) in [5, 5.41) is 0. The molecule has 0 unspecified atom stereocenters. The van der Waals surface area contributed by atoms with E-state index in [2.05, 4.69) is 43.9 Å². The molecule has 0 bridgehead atoms. The van der Waals surface area contributed by atoms with Gasteiger partial charge in [-0.15, -0.1) is 0 Å². The van der Waals surface area contributed by atoms with Gasteiger partial charge in [-0.05, 0) is 18.9 Å². The summed E-state index contributed by atoms with van der Waals surface area (Å²) in [5.74, 6) is 1.32. The molecule has 12 heavy (non-hydrogen) atoms. The molecule has 0 rings (SSSR count). The van der Waals surface area contributed by atoms with Crippen molar-refractivity contribution in [1.82, 2.24) is 0 Å². The molecule has 0 aromatic rings. The number of allylic oxidation sites excluding steroid dienone is 3. The van der Waals surface area contributed by atoms with Crippen LogP contribution in [0.3, 0.4) is 0 Å². The number of ether oxygens (including phenoxy) is 1. The summed E-state index contributed by atoms with van der Waals surface area (Å²) in [5.41, 5.74) is 0. The molecular weight excluding hydrogens is 148 g/mol. The molecule has 0 saturated heterocycles. The van der Waals surface area contributed by atoms with Crippen molar-refractivity contribution in [3.63, 3.8) is 0 Å². The summed E-state index contributed by atoms with van der Waals surface area (Å²) in [4.78, 5) is 0. The van der Waals surface area contributed by atoms with Crippen LogP contribution >= 0.6 is 0 Å². The summed E-state index contributed by atoms with van der Waals surface area (Å²) in [6.45, 7) is 13.2. The van der Waals surface area contributed by atoms with Crippen LogP contribution < -0.4 is 0 Å². The molecule has 1 nitrogen and oxygen atoms in total. The average molecular weight is 168 g/mol. The van der Waals surface area contributed by atoms with Gasteiger partial charge in [0.25, 0.3) is 0 Å². The van der Waals surface area contributed by atoms with Gasteiger partial charge in [0.05, 0.1) is 7.11 Å². The van der Waals surface area contributed by atoms with Crippen LogP contribution in [0.2, 0.25) is 0 Å². The van der Waals surface area contributed by atoms with E-state index in [4.69, 9.17) is 0 Å². The molecule has 0 atom stereocenters. The summed E-state index contributed by atoms with van der Waals surface area (Å²) < 4.78 is 4.59. The Morgan fingerprint density at radius 2 is 1.92 bits per heavy atom. The highest BCUT2D eigenvalue weighted by molar-refractivity contribution is 5.00. The lowest BCUT2D eigenvalue weighted by Crippen LogP contribution is -1.73. The monoisotopic (exact) mass is 168 g/mol. The van der Waals surface area contributed by atoms with Crippen molar-refractivity contribution in [2.24, 2.45) is 5.92 Å². The lowest BCUT2D eigenvalue weighted by atomic mass is 10.2. The maximum Gasteiger partial charge on any atom is 0.111 e. The molecule has 0 fully saturated rings. The lowest BCUT2D eigenvalue weighted by Gasteiger charge is -1.90. The zero-order chi connectivity index (χ0) is 9.98. The van der Waals surface area contributed by atoms with Crippen LogP contribution in [0.25, 0.3) is 0 Å². The van der Waals surface area contributed by atoms with Crippen molar-refractivity contribution in [3.8, 4) is 0 Å². The molecule has 1 heteroatoms. The highest BCUT2D eigenvalue weighted by atomic mass is 16.5. The topological polar surface area (TPSA) is 9.23 Å². The maximum atomic E-state index is 4.59. The fraction of sp³-hybridized carbons (Fsp3) is 0.455. The van der Waals surface area contributed by atoms with Crippen molar-refractivity contribution >= 4 is 0 Å². The second-order valence-corrected chi connectivity index (χ2v) is 2.64. The summed E-state index contributed by atoms with van der Waals surface area (Å²) >= 11 is 0. The van der Waals surface area contributed by atoms with Gasteiger partial charge in [-0.2, -0.15) is 0 Å². The average Bonchev–Trinajstić information content (AvgIpc) is 2.04. The third kappa shape index (κ3) is 16.0. The Morgan fingerprint density at radius 3 is 1.92 bits per heavy atom. The van der Waals surface area contributed by atoms with E-state index in [1.807, 2.05) is 6.92 Å². The maximum absolute atomic E-state index is 4.59. The SMILES string of the molecule is C/C=C\C(C)C.C=CC(=C)OC. The van der Waals surface area contributed by atoms with Crippen LogP contribution in [-0.2, 0) is 4.74 Å². The van der Waals surface area contributed by atoms with Crippen LogP contribution in [0.15, 0.2) is 37.1 Å². The molecular formula is C11H20O. The van der Waals surface area contributed by atoms with E-state index in [9.17, 15) is 0 Å². The van der Waals surface area contributed by atoms with Crippen LogP contribution in [0.4, 0.5) is 0 Å². The molecule has 0 aromatic heterocycles. The summed E-state index contributed by atoms with van der Waals surface area (Å²) in [6, 6.07) is 0. The zero-order valence-electron chi connectivity index (χ0n) is 8.63. The fourth-order valence-electron chi connectivity index (χ4n) is 0.468. The van der Waals surface area contributed by atoms with Crippen molar-refractivity contribution in [2.75, 3.05) is 7.11 Å². The Morgan fingerprint density at radius 1 is 1.42 bits per heavy atom. The Hall–Kier alpha value is -0.980. The standard InChI is InChI=1S/C6H12.C5H8O/c1-4-5-6(2)3;1-4-5(2)6-3/h4-6H,1-3H3;4H,1-2H2,3H3/b5-4-;. The highest BCUT2D eigenvalue weighted by Gasteiger charge is 1.76. The highest BCUT2D eigenvalue weighted by Crippen LogP contribution is 1.90. The third-order valence-electron chi connectivity index (χ3n) is 1.07. The van der Waals surface area contributed by atoms with E-state index < -0.39 is 0 Å². The molecule has 0 spiro atoms. The minimum Gasteiger partial charge on any atom is -0.497 e. The van der Waals surface area contributed by atoms with Crippen molar-refractivity contribution in [3.05, 3.63) is 37.1 Å². The third-order valence-corrected chi connectivity index (χ3v) is 1.07. The number of hydrogen-bond acceptors (Lipinski definition) is 1. The summed E-state index contributed by atoms with van der Waals surface area (Å²) in [6.07, 6.45) is 5.80. The Labute approximate surface area is 76.4 Å². The van der Waals surface area contributed by atoms with Gasteiger partial charge in [0.15, 0.2) is 0 Å². The smallest absolute Gasteiger partial charge is 0.111 e. The van der Waals surface area contributed by atoms with Crippen molar-refractivity contribution in [2.45, 2.75) is 20.8 Å². The van der Waals surface area contributed by atoms with Gasteiger partial charge in [0, 0.05) is 0 Å². The Balaban J connectivity index is 0. The normalized spacial score (nSPS) is 9.08. The zero-order valence-corrected chi connectivity index (χ0v) is 8.63. The molecule has 0 aliphatic heterocycles. The predicted octanol–water partition coefficient (Wildman–Crippen LogP) is 3.55. The predicted molar refractivity (Wildman–Crippen MR) is 56.0 cm³/mol. The first kappa shape index (κ1) is 13.6. The van der Waals surface area contributed by atoms with Gasteiger partial charge in [0.1, 0.15) is 5.76 Å². The van der Waals surface area contributed by atoms with Crippen LogP contribution in [0.1, 0.15) is 20.8 Å². The van der Waals surface area contributed by atoms with Crippen molar-refractivity contribution < 1.29 is 4.74 Å². The van der Waals surface area contributed by atoms with Gasteiger partial charge in [-0.1, -0.05) is 39.2 Å². The van der Waals surface area contributed by atoms with Gasteiger partial charge in [-0.3, -0.25) is 0 Å². The second-order valence-electron chi connectivity index (χ2n) is 2.64. The van der Waals surface area contributed by atoms with E-state index in [0.29, 0.717) is 5.76 Å². The molecule has 0 amide bonds. The van der Waals surface area contributed by atoms with E-state index in [0.717, 1.165) is 5.92 Å². The van der Waals surface area contributed by atoms with Gasteiger partial charge in [-0.25, -0.2) is 0 Å².